The van der Waals surface area contributed by atoms with E-state index in [2.05, 4.69) is 15.3 Å². The van der Waals surface area contributed by atoms with Gasteiger partial charge in [-0.25, -0.2) is 4.98 Å². The summed E-state index contributed by atoms with van der Waals surface area (Å²) in [5, 5.41) is 3.48. The Hall–Kier alpha value is -2.21. The predicted octanol–water partition coefficient (Wildman–Crippen LogP) is 2.21. The molecular formula is C13H15ClN4O2. The molecule has 0 saturated heterocycles. The third kappa shape index (κ3) is 3.89. The number of nitrogen functional groups attached to an aromatic ring is 1. The molecule has 1 heterocycles. The number of ether oxygens (including phenoxy) is 2. The zero-order chi connectivity index (χ0) is 14.4. The van der Waals surface area contributed by atoms with Gasteiger partial charge >= 0.3 is 6.01 Å². The SMILES string of the molecule is COc1ncc(Cl)c(NCCOc2cccc(N)c2)n1. The topological polar surface area (TPSA) is 82.3 Å². The van der Waals surface area contributed by atoms with Crippen LogP contribution in [0.15, 0.2) is 30.5 Å². The Morgan fingerprint density at radius 2 is 2.25 bits per heavy atom. The van der Waals surface area contributed by atoms with Crippen LogP contribution in [0.2, 0.25) is 5.02 Å². The molecule has 20 heavy (non-hydrogen) atoms. The van der Waals surface area contributed by atoms with Crippen molar-refractivity contribution >= 4 is 23.1 Å². The largest absolute Gasteiger partial charge is 0.492 e. The Balaban J connectivity index is 1.84. The first-order valence-corrected chi connectivity index (χ1v) is 6.35. The fourth-order valence-electron chi connectivity index (χ4n) is 1.52. The second-order valence-corrected chi connectivity index (χ2v) is 4.31. The number of aromatic nitrogens is 2. The van der Waals surface area contributed by atoms with Crippen LogP contribution >= 0.6 is 11.6 Å². The second-order valence-electron chi connectivity index (χ2n) is 3.90. The van der Waals surface area contributed by atoms with Gasteiger partial charge in [0, 0.05) is 11.8 Å². The molecular weight excluding hydrogens is 280 g/mol. The third-order valence-corrected chi connectivity index (χ3v) is 2.70. The highest BCUT2D eigenvalue weighted by atomic mass is 35.5. The number of methoxy groups -OCH3 is 1. The molecule has 0 aliphatic carbocycles. The van der Waals surface area contributed by atoms with Crippen molar-refractivity contribution in [3.8, 4) is 11.8 Å². The fraction of sp³-hybridized carbons (Fsp3) is 0.231. The number of anilines is 2. The number of hydrogen-bond acceptors (Lipinski definition) is 6. The predicted molar refractivity (Wildman–Crippen MR) is 78.4 cm³/mol. The van der Waals surface area contributed by atoms with Gasteiger partial charge in [0.2, 0.25) is 0 Å². The van der Waals surface area contributed by atoms with Gasteiger partial charge < -0.3 is 20.5 Å². The number of nitrogens with zero attached hydrogens (tertiary/aromatic N) is 2. The molecule has 0 aliphatic rings. The standard InChI is InChI=1S/C13H15ClN4O2/c1-19-13-17-8-11(14)12(18-13)16-5-6-20-10-4-2-3-9(15)7-10/h2-4,7-8H,5-6,15H2,1H3,(H,16,17,18). The minimum atomic E-state index is 0.258. The van der Waals surface area contributed by atoms with E-state index < -0.39 is 0 Å². The lowest BCUT2D eigenvalue weighted by Crippen LogP contribution is -2.13. The Morgan fingerprint density at radius 1 is 1.40 bits per heavy atom. The smallest absolute Gasteiger partial charge is 0.318 e. The van der Waals surface area contributed by atoms with E-state index in [4.69, 9.17) is 26.8 Å². The Morgan fingerprint density at radius 3 is 3.00 bits per heavy atom. The lowest BCUT2D eigenvalue weighted by Gasteiger charge is -2.10. The molecule has 1 aromatic carbocycles. The maximum absolute atomic E-state index is 5.97. The van der Waals surface area contributed by atoms with Crippen LogP contribution in [0.1, 0.15) is 0 Å². The van der Waals surface area contributed by atoms with Crippen molar-refractivity contribution < 1.29 is 9.47 Å². The lowest BCUT2D eigenvalue weighted by molar-refractivity contribution is 0.332. The van der Waals surface area contributed by atoms with Gasteiger partial charge in [-0.1, -0.05) is 17.7 Å². The molecule has 0 radical (unpaired) electrons. The average molecular weight is 295 g/mol. The first-order chi connectivity index (χ1) is 9.69. The maximum atomic E-state index is 5.97. The molecule has 1 aromatic heterocycles. The fourth-order valence-corrected chi connectivity index (χ4v) is 1.67. The highest BCUT2D eigenvalue weighted by Gasteiger charge is 2.05. The summed E-state index contributed by atoms with van der Waals surface area (Å²) < 4.78 is 10.5. The van der Waals surface area contributed by atoms with Crippen LogP contribution in [-0.4, -0.2) is 30.2 Å². The van der Waals surface area contributed by atoms with Crippen LogP contribution in [0.4, 0.5) is 11.5 Å². The summed E-state index contributed by atoms with van der Waals surface area (Å²) in [6, 6.07) is 7.51. The second kappa shape index (κ2) is 6.81. The zero-order valence-electron chi connectivity index (χ0n) is 11.0. The van der Waals surface area contributed by atoms with Crippen LogP contribution in [0.5, 0.6) is 11.8 Å². The van der Waals surface area contributed by atoms with E-state index in [1.807, 2.05) is 12.1 Å². The molecule has 0 bridgehead atoms. The van der Waals surface area contributed by atoms with Gasteiger partial charge in [-0.3, -0.25) is 0 Å². The number of rotatable bonds is 6. The number of hydrogen-bond donors (Lipinski definition) is 2. The monoisotopic (exact) mass is 294 g/mol. The summed E-state index contributed by atoms with van der Waals surface area (Å²) >= 11 is 5.97. The number of benzene rings is 1. The first kappa shape index (κ1) is 14.2. The summed E-state index contributed by atoms with van der Waals surface area (Å²) in [4.78, 5) is 7.99. The number of nitrogens with two attached hydrogens (primary N) is 1. The third-order valence-electron chi connectivity index (χ3n) is 2.43. The van der Waals surface area contributed by atoms with Gasteiger partial charge in [0.15, 0.2) is 5.82 Å². The summed E-state index contributed by atoms with van der Waals surface area (Å²) in [5.74, 6) is 1.23. The van der Waals surface area contributed by atoms with Crippen molar-refractivity contribution in [3.05, 3.63) is 35.5 Å². The summed E-state index contributed by atoms with van der Waals surface area (Å²) in [6.07, 6.45) is 1.48. The van der Waals surface area contributed by atoms with E-state index in [1.165, 1.54) is 13.3 Å². The van der Waals surface area contributed by atoms with Crippen LogP contribution < -0.4 is 20.5 Å². The lowest BCUT2D eigenvalue weighted by atomic mass is 10.3. The molecule has 0 amide bonds. The van der Waals surface area contributed by atoms with Crippen LogP contribution in [0.25, 0.3) is 0 Å². The molecule has 106 valence electrons. The Kier molecular flexibility index (Phi) is 4.84. The van der Waals surface area contributed by atoms with Gasteiger partial charge in [-0.2, -0.15) is 4.98 Å². The van der Waals surface area contributed by atoms with Gasteiger partial charge in [0.05, 0.1) is 19.9 Å². The molecule has 2 aromatic rings. The van der Waals surface area contributed by atoms with E-state index >= 15 is 0 Å². The highest BCUT2D eigenvalue weighted by Crippen LogP contribution is 2.20. The van der Waals surface area contributed by atoms with Gasteiger partial charge in [-0.05, 0) is 12.1 Å². The minimum absolute atomic E-state index is 0.258. The molecule has 0 fully saturated rings. The van der Waals surface area contributed by atoms with Crippen molar-refractivity contribution in [1.82, 2.24) is 9.97 Å². The quantitative estimate of drug-likeness (QED) is 0.628. The van der Waals surface area contributed by atoms with Crippen molar-refractivity contribution in [1.29, 1.82) is 0 Å². The molecule has 2 rings (SSSR count). The van der Waals surface area contributed by atoms with Gasteiger partial charge in [0.1, 0.15) is 17.4 Å². The molecule has 0 spiro atoms. The molecule has 0 atom stereocenters. The summed E-state index contributed by atoms with van der Waals surface area (Å²) in [6.45, 7) is 0.987. The summed E-state index contributed by atoms with van der Waals surface area (Å²) in [5.41, 5.74) is 6.33. The van der Waals surface area contributed by atoms with E-state index in [1.54, 1.807) is 12.1 Å². The average Bonchev–Trinajstić information content (AvgIpc) is 2.45. The van der Waals surface area contributed by atoms with E-state index in [-0.39, 0.29) is 6.01 Å². The zero-order valence-corrected chi connectivity index (χ0v) is 11.7. The number of halogens is 1. The molecule has 0 unspecified atom stereocenters. The van der Waals surface area contributed by atoms with Gasteiger partial charge in [-0.15, -0.1) is 0 Å². The molecule has 0 saturated carbocycles. The van der Waals surface area contributed by atoms with E-state index in [9.17, 15) is 0 Å². The first-order valence-electron chi connectivity index (χ1n) is 5.98. The summed E-state index contributed by atoms with van der Waals surface area (Å²) in [7, 11) is 1.50. The van der Waals surface area contributed by atoms with Gasteiger partial charge in [0.25, 0.3) is 0 Å². The minimum Gasteiger partial charge on any atom is -0.492 e. The van der Waals surface area contributed by atoms with Crippen molar-refractivity contribution in [2.24, 2.45) is 0 Å². The Bertz CT molecular complexity index is 580. The number of nitrogens with one attached hydrogen (secondary N) is 1. The molecule has 0 aliphatic heterocycles. The van der Waals surface area contributed by atoms with Crippen molar-refractivity contribution in [3.63, 3.8) is 0 Å². The highest BCUT2D eigenvalue weighted by molar-refractivity contribution is 6.32. The normalized spacial score (nSPS) is 10.1. The molecule has 3 N–H and O–H groups in total. The molecule has 7 heteroatoms. The maximum Gasteiger partial charge on any atom is 0.318 e. The molecule has 6 nitrogen and oxygen atoms in total. The van der Waals surface area contributed by atoms with Crippen LogP contribution in [0, 0.1) is 0 Å². The van der Waals surface area contributed by atoms with E-state index in [0.717, 1.165) is 5.75 Å². The van der Waals surface area contributed by atoms with Crippen LogP contribution in [0.3, 0.4) is 0 Å². The Labute approximate surface area is 121 Å². The van der Waals surface area contributed by atoms with E-state index in [0.29, 0.717) is 29.7 Å². The van der Waals surface area contributed by atoms with Crippen LogP contribution in [-0.2, 0) is 0 Å². The van der Waals surface area contributed by atoms with Crippen molar-refractivity contribution in [2.75, 3.05) is 31.3 Å². The van der Waals surface area contributed by atoms with Crippen molar-refractivity contribution in [2.45, 2.75) is 0 Å².